The van der Waals surface area contributed by atoms with Crippen molar-refractivity contribution in [3.8, 4) is 0 Å². The highest BCUT2D eigenvalue weighted by Gasteiger charge is 2.07. The molecule has 2 rings (SSSR count). The zero-order valence-electron chi connectivity index (χ0n) is 11.5. The first-order valence-electron chi connectivity index (χ1n) is 6.75. The molecule has 0 saturated heterocycles. The van der Waals surface area contributed by atoms with Gasteiger partial charge in [-0.2, -0.15) is 0 Å². The van der Waals surface area contributed by atoms with Crippen LogP contribution in [0.5, 0.6) is 0 Å². The summed E-state index contributed by atoms with van der Waals surface area (Å²) in [5.41, 5.74) is 5.44. The Hall–Kier alpha value is -1.01. The summed E-state index contributed by atoms with van der Waals surface area (Å²) in [5.74, 6) is 0.613. The Morgan fingerprint density at radius 3 is 2.50 bits per heavy atom. The van der Waals surface area contributed by atoms with Gasteiger partial charge in [-0.25, -0.2) is 0 Å². The number of alkyl halides is 1. The lowest BCUT2D eigenvalue weighted by Crippen LogP contribution is -1.94. The van der Waals surface area contributed by atoms with Gasteiger partial charge in [-0.05, 0) is 65.8 Å². The van der Waals surface area contributed by atoms with Gasteiger partial charge < -0.3 is 0 Å². The zero-order valence-corrected chi connectivity index (χ0v) is 12.3. The van der Waals surface area contributed by atoms with Gasteiger partial charge in [0, 0.05) is 5.88 Å². The van der Waals surface area contributed by atoms with Crippen molar-refractivity contribution in [2.75, 3.05) is 0 Å². The molecule has 0 bridgehead atoms. The van der Waals surface area contributed by atoms with Crippen molar-refractivity contribution in [1.82, 2.24) is 0 Å². The number of aryl methyl sites for hydroxylation is 3. The lowest BCUT2D eigenvalue weighted by molar-refractivity contribution is 0.791. The van der Waals surface area contributed by atoms with E-state index in [2.05, 4.69) is 45.0 Å². The van der Waals surface area contributed by atoms with Crippen LogP contribution < -0.4 is 0 Å². The van der Waals surface area contributed by atoms with E-state index in [0.29, 0.717) is 5.88 Å². The van der Waals surface area contributed by atoms with Crippen molar-refractivity contribution in [2.24, 2.45) is 0 Å². The monoisotopic (exact) mass is 260 g/mol. The minimum absolute atomic E-state index is 0.613. The Morgan fingerprint density at radius 1 is 1.06 bits per heavy atom. The molecule has 0 aliphatic heterocycles. The van der Waals surface area contributed by atoms with E-state index in [1.165, 1.54) is 45.9 Å². The fourth-order valence-electron chi connectivity index (χ4n) is 2.45. The number of unbranched alkanes of at least 4 members (excludes halogenated alkanes) is 1. The minimum Gasteiger partial charge on any atom is -0.122 e. The lowest BCUT2D eigenvalue weighted by atomic mass is 9.94. The second kappa shape index (κ2) is 5.75. The number of rotatable bonds is 4. The average molecular weight is 261 g/mol. The Bertz CT molecular complexity index is 555. The van der Waals surface area contributed by atoms with Crippen LogP contribution in [0.3, 0.4) is 0 Å². The van der Waals surface area contributed by atoms with E-state index in [1.54, 1.807) is 0 Å². The zero-order chi connectivity index (χ0) is 13.1. The first-order chi connectivity index (χ1) is 8.67. The van der Waals surface area contributed by atoms with E-state index in [0.717, 1.165) is 6.42 Å². The van der Waals surface area contributed by atoms with Crippen LogP contribution in [0.15, 0.2) is 24.3 Å². The molecule has 0 atom stereocenters. The van der Waals surface area contributed by atoms with Crippen LogP contribution in [0.4, 0.5) is 0 Å². The molecule has 0 aliphatic carbocycles. The second-order valence-corrected chi connectivity index (χ2v) is 5.35. The molecule has 1 heteroatoms. The SMILES string of the molecule is CCCCc1cc2ccc(C)c(C)c2cc1CCl. The first-order valence-corrected chi connectivity index (χ1v) is 7.28. The molecule has 2 aromatic rings. The van der Waals surface area contributed by atoms with Crippen LogP contribution in [0, 0.1) is 13.8 Å². The van der Waals surface area contributed by atoms with Gasteiger partial charge in [0.15, 0.2) is 0 Å². The molecule has 0 unspecified atom stereocenters. The average Bonchev–Trinajstić information content (AvgIpc) is 2.40. The third-order valence-electron chi connectivity index (χ3n) is 3.82. The molecule has 0 saturated carbocycles. The summed E-state index contributed by atoms with van der Waals surface area (Å²) >= 11 is 6.10. The summed E-state index contributed by atoms with van der Waals surface area (Å²) in [7, 11) is 0. The molecule has 0 heterocycles. The molecular formula is C17H21Cl. The normalized spacial score (nSPS) is 11.1. The molecule has 0 fully saturated rings. The fourth-order valence-corrected chi connectivity index (χ4v) is 2.70. The molecule has 0 spiro atoms. The number of benzene rings is 2. The van der Waals surface area contributed by atoms with E-state index in [9.17, 15) is 0 Å². The molecule has 2 aromatic carbocycles. The molecule has 0 radical (unpaired) electrons. The minimum atomic E-state index is 0.613. The lowest BCUT2D eigenvalue weighted by Gasteiger charge is -2.12. The van der Waals surface area contributed by atoms with Gasteiger partial charge in [-0.3, -0.25) is 0 Å². The quantitative estimate of drug-likeness (QED) is 0.634. The van der Waals surface area contributed by atoms with Crippen molar-refractivity contribution < 1.29 is 0 Å². The number of halogens is 1. The van der Waals surface area contributed by atoms with Gasteiger partial charge in [0.25, 0.3) is 0 Å². The van der Waals surface area contributed by atoms with Crippen LogP contribution in [0.2, 0.25) is 0 Å². The van der Waals surface area contributed by atoms with Crippen molar-refractivity contribution in [3.63, 3.8) is 0 Å². The largest absolute Gasteiger partial charge is 0.122 e. The van der Waals surface area contributed by atoms with Gasteiger partial charge in [0.1, 0.15) is 0 Å². The predicted molar refractivity (Wildman–Crippen MR) is 81.6 cm³/mol. The first kappa shape index (κ1) is 13.4. The molecule has 96 valence electrons. The highest BCUT2D eigenvalue weighted by molar-refractivity contribution is 6.17. The van der Waals surface area contributed by atoms with E-state index < -0.39 is 0 Å². The van der Waals surface area contributed by atoms with Gasteiger partial charge in [0.05, 0.1) is 0 Å². The number of hydrogen-bond acceptors (Lipinski definition) is 0. The molecule has 0 aliphatic rings. The summed E-state index contributed by atoms with van der Waals surface area (Å²) in [6.45, 7) is 6.59. The molecule has 18 heavy (non-hydrogen) atoms. The van der Waals surface area contributed by atoms with E-state index in [1.807, 2.05) is 0 Å². The molecule has 0 aromatic heterocycles. The third kappa shape index (κ3) is 2.54. The maximum atomic E-state index is 6.10. The van der Waals surface area contributed by atoms with Crippen LogP contribution in [0.1, 0.15) is 42.0 Å². The summed E-state index contributed by atoms with van der Waals surface area (Å²) in [6, 6.07) is 9.05. The van der Waals surface area contributed by atoms with Crippen LogP contribution in [-0.2, 0) is 12.3 Å². The molecule has 0 N–H and O–H groups in total. The van der Waals surface area contributed by atoms with Gasteiger partial charge in [0.2, 0.25) is 0 Å². The highest BCUT2D eigenvalue weighted by Crippen LogP contribution is 2.27. The number of fused-ring (bicyclic) bond motifs is 1. The highest BCUT2D eigenvalue weighted by atomic mass is 35.5. The summed E-state index contributed by atoms with van der Waals surface area (Å²) in [6.07, 6.45) is 3.61. The molecular weight excluding hydrogens is 240 g/mol. The smallest absolute Gasteiger partial charge is 0.0477 e. The second-order valence-electron chi connectivity index (χ2n) is 5.09. The maximum absolute atomic E-state index is 6.10. The van der Waals surface area contributed by atoms with Gasteiger partial charge >= 0.3 is 0 Å². The van der Waals surface area contributed by atoms with Gasteiger partial charge in [-0.15, -0.1) is 11.6 Å². The number of hydrogen-bond donors (Lipinski definition) is 0. The van der Waals surface area contributed by atoms with Gasteiger partial charge in [-0.1, -0.05) is 31.5 Å². The Morgan fingerprint density at radius 2 is 1.83 bits per heavy atom. The van der Waals surface area contributed by atoms with Crippen molar-refractivity contribution in [1.29, 1.82) is 0 Å². The summed E-state index contributed by atoms with van der Waals surface area (Å²) < 4.78 is 0. The van der Waals surface area contributed by atoms with Crippen LogP contribution in [-0.4, -0.2) is 0 Å². The van der Waals surface area contributed by atoms with E-state index in [-0.39, 0.29) is 0 Å². The summed E-state index contributed by atoms with van der Waals surface area (Å²) in [5, 5.41) is 2.70. The van der Waals surface area contributed by atoms with Crippen LogP contribution in [0.25, 0.3) is 10.8 Å². The topological polar surface area (TPSA) is 0 Å². The maximum Gasteiger partial charge on any atom is 0.0477 e. The van der Waals surface area contributed by atoms with Crippen molar-refractivity contribution in [3.05, 3.63) is 46.5 Å². The van der Waals surface area contributed by atoms with E-state index in [4.69, 9.17) is 11.6 Å². The third-order valence-corrected chi connectivity index (χ3v) is 4.11. The molecule has 0 nitrogen and oxygen atoms in total. The Labute approximate surface area is 115 Å². The Balaban J connectivity index is 2.57. The predicted octanol–water partition coefficient (Wildman–Crippen LogP) is 5.54. The fraction of sp³-hybridized carbons (Fsp3) is 0.412. The Kier molecular flexibility index (Phi) is 4.29. The van der Waals surface area contributed by atoms with Crippen molar-refractivity contribution in [2.45, 2.75) is 45.9 Å². The standard InChI is InChI=1S/C17H21Cl/c1-4-5-6-14-9-15-8-7-12(2)13(3)17(15)10-16(14)11-18/h7-10H,4-6,11H2,1-3H3. The molecule has 0 amide bonds. The summed E-state index contributed by atoms with van der Waals surface area (Å²) in [4.78, 5) is 0. The van der Waals surface area contributed by atoms with E-state index >= 15 is 0 Å². The van der Waals surface area contributed by atoms with Crippen LogP contribution >= 0.6 is 11.6 Å². The van der Waals surface area contributed by atoms with Crippen molar-refractivity contribution >= 4 is 22.4 Å².